The summed E-state index contributed by atoms with van der Waals surface area (Å²) in [4.78, 5) is 39.3. The number of benzene rings is 2. The van der Waals surface area contributed by atoms with Crippen LogP contribution in [0.25, 0.3) is 11.8 Å². The van der Waals surface area contributed by atoms with Crippen molar-refractivity contribution in [3.63, 3.8) is 0 Å². The summed E-state index contributed by atoms with van der Waals surface area (Å²) in [7, 11) is 0. The van der Waals surface area contributed by atoms with Crippen molar-refractivity contribution >= 4 is 41.2 Å². The van der Waals surface area contributed by atoms with Crippen LogP contribution in [0.4, 0.5) is 10.5 Å². The maximum atomic E-state index is 13.3. The SMILES string of the molecule is Cc1ccc(N2C(=O)NC(=O)C(=Cc3cc(C)n(-c4c(C)cccc4C)c3C)C2=O)cc1Cl. The van der Waals surface area contributed by atoms with Gasteiger partial charge in [-0.1, -0.05) is 35.9 Å². The molecule has 2 aromatic carbocycles. The van der Waals surface area contributed by atoms with Crippen molar-refractivity contribution in [2.75, 3.05) is 4.90 Å². The van der Waals surface area contributed by atoms with Crippen LogP contribution >= 0.6 is 11.6 Å². The van der Waals surface area contributed by atoms with Gasteiger partial charge in [0.1, 0.15) is 5.57 Å². The quantitative estimate of drug-likeness (QED) is 0.422. The second-order valence-corrected chi connectivity index (χ2v) is 8.70. The average molecular weight is 462 g/mol. The Kier molecular flexibility index (Phi) is 5.72. The highest BCUT2D eigenvalue weighted by molar-refractivity contribution is 6.39. The fraction of sp³-hybridized carbons (Fsp3) is 0.192. The highest BCUT2D eigenvalue weighted by atomic mass is 35.5. The van der Waals surface area contributed by atoms with Crippen LogP contribution in [0.5, 0.6) is 0 Å². The van der Waals surface area contributed by atoms with E-state index in [-0.39, 0.29) is 5.57 Å². The molecule has 6 nitrogen and oxygen atoms in total. The topological polar surface area (TPSA) is 71.4 Å². The fourth-order valence-corrected chi connectivity index (χ4v) is 4.38. The molecule has 0 aliphatic carbocycles. The third kappa shape index (κ3) is 3.87. The van der Waals surface area contributed by atoms with Gasteiger partial charge in [-0.15, -0.1) is 0 Å². The van der Waals surface area contributed by atoms with Gasteiger partial charge in [-0.25, -0.2) is 9.69 Å². The van der Waals surface area contributed by atoms with Crippen LogP contribution in [0.1, 0.15) is 33.6 Å². The zero-order valence-corrected chi connectivity index (χ0v) is 19.9. The lowest BCUT2D eigenvalue weighted by Gasteiger charge is -2.26. The van der Waals surface area contributed by atoms with Gasteiger partial charge in [-0.3, -0.25) is 14.9 Å². The van der Waals surface area contributed by atoms with E-state index in [1.54, 1.807) is 18.2 Å². The molecule has 1 N–H and O–H groups in total. The van der Waals surface area contributed by atoms with Gasteiger partial charge in [0.2, 0.25) is 0 Å². The van der Waals surface area contributed by atoms with Gasteiger partial charge >= 0.3 is 6.03 Å². The molecule has 4 rings (SSSR count). The third-order valence-electron chi connectivity index (χ3n) is 5.95. The monoisotopic (exact) mass is 461 g/mol. The summed E-state index contributed by atoms with van der Waals surface area (Å²) in [6, 6.07) is 12.1. The molecule has 3 aromatic rings. The molecule has 7 heteroatoms. The minimum Gasteiger partial charge on any atom is -0.317 e. The Balaban J connectivity index is 1.80. The van der Waals surface area contributed by atoms with E-state index < -0.39 is 17.8 Å². The normalized spacial score (nSPS) is 15.4. The fourth-order valence-electron chi connectivity index (χ4n) is 4.20. The number of aromatic nitrogens is 1. The summed E-state index contributed by atoms with van der Waals surface area (Å²) in [5.74, 6) is -1.42. The van der Waals surface area contributed by atoms with Crippen LogP contribution < -0.4 is 10.2 Å². The predicted molar refractivity (Wildman–Crippen MR) is 130 cm³/mol. The standard InChI is InChI=1S/C26H24ClN3O3/c1-14-9-10-20(13-22(14)27)30-25(32)21(24(31)28-26(30)33)12-19-11-17(4)29(18(19)5)23-15(2)7-6-8-16(23)3/h6-13H,1-5H3,(H,28,31,33). The number of aryl methyl sites for hydroxylation is 4. The minimum absolute atomic E-state index is 0.118. The Morgan fingerprint density at radius 2 is 1.55 bits per heavy atom. The van der Waals surface area contributed by atoms with Crippen LogP contribution in [0, 0.1) is 34.6 Å². The van der Waals surface area contributed by atoms with Crippen molar-refractivity contribution in [1.82, 2.24) is 9.88 Å². The van der Waals surface area contributed by atoms with Crippen LogP contribution in [0.2, 0.25) is 5.02 Å². The van der Waals surface area contributed by atoms with E-state index in [2.05, 4.69) is 9.88 Å². The number of para-hydroxylation sites is 1. The number of carbonyl (C=O) groups excluding carboxylic acids is 3. The van der Waals surface area contributed by atoms with Crippen molar-refractivity contribution in [3.8, 4) is 5.69 Å². The summed E-state index contributed by atoms with van der Waals surface area (Å²) in [6.45, 7) is 9.85. The van der Waals surface area contributed by atoms with Crippen molar-refractivity contribution in [1.29, 1.82) is 0 Å². The first-order chi connectivity index (χ1) is 15.6. The number of hydrogen-bond acceptors (Lipinski definition) is 3. The number of nitrogens with one attached hydrogen (secondary N) is 1. The number of urea groups is 1. The first-order valence-corrected chi connectivity index (χ1v) is 10.9. The summed E-state index contributed by atoms with van der Waals surface area (Å²) in [6.07, 6.45) is 1.54. The summed E-state index contributed by atoms with van der Waals surface area (Å²) in [5, 5.41) is 2.69. The summed E-state index contributed by atoms with van der Waals surface area (Å²) in [5.41, 5.74) is 6.90. The maximum absolute atomic E-state index is 13.3. The molecular weight excluding hydrogens is 438 g/mol. The van der Waals surface area contributed by atoms with Crippen molar-refractivity contribution < 1.29 is 14.4 Å². The molecule has 4 amide bonds. The molecule has 0 saturated carbocycles. The molecule has 33 heavy (non-hydrogen) atoms. The van der Waals surface area contributed by atoms with Crippen molar-refractivity contribution in [2.45, 2.75) is 34.6 Å². The van der Waals surface area contributed by atoms with Crippen molar-refractivity contribution in [3.05, 3.63) is 86.7 Å². The molecule has 0 radical (unpaired) electrons. The largest absolute Gasteiger partial charge is 0.335 e. The van der Waals surface area contributed by atoms with Gasteiger partial charge in [-0.2, -0.15) is 0 Å². The lowest BCUT2D eigenvalue weighted by molar-refractivity contribution is -0.122. The number of anilines is 1. The van der Waals surface area contributed by atoms with E-state index in [0.717, 1.165) is 44.2 Å². The number of halogens is 1. The Morgan fingerprint density at radius 1 is 0.879 bits per heavy atom. The van der Waals surface area contributed by atoms with Crippen LogP contribution in [-0.4, -0.2) is 22.4 Å². The van der Waals surface area contributed by atoms with Crippen molar-refractivity contribution in [2.24, 2.45) is 0 Å². The smallest absolute Gasteiger partial charge is 0.317 e. The molecular formula is C26H24ClN3O3. The van der Waals surface area contributed by atoms with E-state index in [4.69, 9.17) is 11.6 Å². The van der Waals surface area contributed by atoms with Gasteiger partial charge in [0.25, 0.3) is 11.8 Å². The van der Waals surface area contributed by atoms with E-state index >= 15 is 0 Å². The molecule has 1 aliphatic heterocycles. The molecule has 1 aromatic heterocycles. The lowest BCUT2D eigenvalue weighted by Crippen LogP contribution is -2.54. The first kappa shape index (κ1) is 22.6. The van der Waals surface area contributed by atoms with Crippen LogP contribution in [-0.2, 0) is 9.59 Å². The Labute approximate surface area is 197 Å². The molecule has 1 aliphatic rings. The molecule has 168 valence electrons. The molecule has 0 atom stereocenters. The molecule has 0 unspecified atom stereocenters. The van der Waals surface area contributed by atoms with Gasteiger partial charge in [0, 0.05) is 16.4 Å². The highest BCUT2D eigenvalue weighted by Crippen LogP contribution is 2.30. The summed E-state index contributed by atoms with van der Waals surface area (Å²) >= 11 is 6.19. The second-order valence-electron chi connectivity index (χ2n) is 8.29. The number of carbonyl (C=O) groups is 3. The Morgan fingerprint density at radius 3 is 2.18 bits per heavy atom. The Bertz CT molecular complexity index is 1350. The first-order valence-electron chi connectivity index (χ1n) is 10.5. The van der Waals surface area contributed by atoms with Gasteiger partial charge in [0.15, 0.2) is 0 Å². The zero-order chi connectivity index (χ0) is 24.0. The molecule has 0 spiro atoms. The van der Waals surface area contributed by atoms with Crippen LogP contribution in [0.3, 0.4) is 0 Å². The van der Waals surface area contributed by atoms with E-state index in [1.807, 2.05) is 58.9 Å². The van der Waals surface area contributed by atoms with E-state index in [1.165, 1.54) is 6.07 Å². The summed E-state index contributed by atoms with van der Waals surface area (Å²) < 4.78 is 2.12. The molecule has 0 bridgehead atoms. The lowest BCUT2D eigenvalue weighted by atomic mass is 10.1. The second kappa shape index (κ2) is 8.37. The number of nitrogens with zero attached hydrogens (tertiary/aromatic N) is 2. The van der Waals surface area contributed by atoms with E-state index in [0.29, 0.717) is 10.7 Å². The number of imide groups is 2. The zero-order valence-electron chi connectivity index (χ0n) is 19.1. The predicted octanol–water partition coefficient (Wildman–Crippen LogP) is 5.34. The number of rotatable bonds is 3. The van der Waals surface area contributed by atoms with Gasteiger partial charge < -0.3 is 4.57 Å². The molecule has 2 heterocycles. The van der Waals surface area contributed by atoms with Crippen LogP contribution in [0.15, 0.2) is 48.0 Å². The highest BCUT2D eigenvalue weighted by Gasteiger charge is 2.37. The minimum atomic E-state index is -0.803. The number of hydrogen-bond donors (Lipinski definition) is 1. The van der Waals surface area contributed by atoms with Gasteiger partial charge in [-0.05, 0) is 81.1 Å². The molecule has 1 fully saturated rings. The Hall–Kier alpha value is -3.64. The average Bonchev–Trinajstić information content (AvgIpc) is 3.01. The maximum Gasteiger partial charge on any atom is 0.335 e. The third-order valence-corrected chi connectivity index (χ3v) is 6.36. The van der Waals surface area contributed by atoms with E-state index in [9.17, 15) is 14.4 Å². The number of barbiturate groups is 1. The van der Waals surface area contributed by atoms with Gasteiger partial charge in [0.05, 0.1) is 11.4 Å². The molecule has 1 saturated heterocycles. The number of amides is 4.